The van der Waals surface area contributed by atoms with Crippen molar-refractivity contribution in [3.8, 4) is 0 Å². The lowest BCUT2D eigenvalue weighted by atomic mass is 9.98. The van der Waals surface area contributed by atoms with E-state index < -0.39 is 0 Å². The summed E-state index contributed by atoms with van der Waals surface area (Å²) in [6.45, 7) is 4.38. The van der Waals surface area contributed by atoms with Gasteiger partial charge in [-0.3, -0.25) is 0 Å². The Morgan fingerprint density at radius 2 is 2.29 bits per heavy atom. The van der Waals surface area contributed by atoms with Crippen molar-refractivity contribution in [2.45, 2.75) is 38.5 Å². The molecule has 0 bridgehead atoms. The molecule has 1 fully saturated rings. The van der Waals surface area contributed by atoms with Crippen LogP contribution in [0.4, 0.5) is 0 Å². The van der Waals surface area contributed by atoms with Gasteiger partial charge in [-0.2, -0.15) is 0 Å². The summed E-state index contributed by atoms with van der Waals surface area (Å²) in [4.78, 5) is 2.66. The Kier molecular flexibility index (Phi) is 2.98. The van der Waals surface area contributed by atoms with E-state index in [4.69, 9.17) is 11.6 Å². The second kappa shape index (κ2) is 3.80. The van der Waals surface area contributed by atoms with E-state index in [-0.39, 0.29) is 5.38 Å². The third kappa shape index (κ3) is 1.77. The van der Waals surface area contributed by atoms with E-state index in [0.717, 1.165) is 0 Å². The van der Waals surface area contributed by atoms with Crippen LogP contribution < -0.4 is 0 Å². The molecule has 1 aromatic rings. The van der Waals surface area contributed by atoms with Crippen LogP contribution in [0.1, 0.15) is 41.3 Å². The number of aryl methyl sites for hydroxylation is 1. The second-order valence-electron chi connectivity index (χ2n) is 4.13. The van der Waals surface area contributed by atoms with Gasteiger partial charge in [-0.25, -0.2) is 0 Å². The largest absolute Gasteiger partial charge is 0.143 e. The monoisotopic (exact) mass is 292 g/mol. The molecular formula is C11H14BrClS. The topological polar surface area (TPSA) is 0 Å². The van der Waals surface area contributed by atoms with Gasteiger partial charge in [0, 0.05) is 14.2 Å². The van der Waals surface area contributed by atoms with Gasteiger partial charge in [0.25, 0.3) is 0 Å². The van der Waals surface area contributed by atoms with Crippen LogP contribution in [-0.4, -0.2) is 0 Å². The van der Waals surface area contributed by atoms with Crippen LogP contribution >= 0.6 is 38.9 Å². The molecule has 1 aliphatic rings. The molecule has 0 radical (unpaired) electrons. The third-order valence-corrected chi connectivity index (χ3v) is 6.29. The third-order valence-electron chi connectivity index (χ3n) is 3.26. The normalized spacial score (nSPS) is 20.9. The standard InChI is InChI=1S/C11H14BrClS/c1-3-11(4-5-11)10(13)9-6-8(12)7(2)14-9/h6,10H,3-5H2,1-2H3. The minimum Gasteiger partial charge on any atom is -0.143 e. The Morgan fingerprint density at radius 1 is 1.64 bits per heavy atom. The van der Waals surface area contributed by atoms with Crippen LogP contribution in [0.25, 0.3) is 0 Å². The molecule has 0 aromatic carbocycles. The van der Waals surface area contributed by atoms with Gasteiger partial charge < -0.3 is 0 Å². The van der Waals surface area contributed by atoms with E-state index in [0.29, 0.717) is 5.41 Å². The van der Waals surface area contributed by atoms with Crippen molar-refractivity contribution in [3.63, 3.8) is 0 Å². The van der Waals surface area contributed by atoms with Gasteiger partial charge in [-0.1, -0.05) is 6.92 Å². The molecule has 3 heteroatoms. The Morgan fingerprint density at radius 3 is 2.64 bits per heavy atom. The van der Waals surface area contributed by atoms with E-state index in [1.807, 2.05) is 11.3 Å². The van der Waals surface area contributed by atoms with E-state index in [2.05, 4.69) is 35.8 Å². The van der Waals surface area contributed by atoms with Gasteiger partial charge in [-0.05, 0) is 53.6 Å². The van der Waals surface area contributed by atoms with E-state index in [1.165, 1.54) is 33.5 Å². The molecule has 1 aliphatic carbocycles. The zero-order valence-corrected chi connectivity index (χ0v) is 11.6. The molecule has 0 N–H and O–H groups in total. The fourth-order valence-corrected chi connectivity index (χ4v) is 4.11. The van der Waals surface area contributed by atoms with Crippen LogP contribution in [0.2, 0.25) is 0 Å². The molecule has 0 nitrogen and oxygen atoms in total. The Bertz CT molecular complexity index is 322. The molecule has 0 aliphatic heterocycles. The van der Waals surface area contributed by atoms with E-state index >= 15 is 0 Å². The van der Waals surface area contributed by atoms with Gasteiger partial charge in [0.1, 0.15) is 0 Å². The number of hydrogen-bond donors (Lipinski definition) is 0. The molecular weight excluding hydrogens is 280 g/mol. The zero-order valence-electron chi connectivity index (χ0n) is 8.44. The maximum atomic E-state index is 6.54. The number of thiophene rings is 1. The van der Waals surface area contributed by atoms with E-state index in [1.54, 1.807) is 0 Å². The molecule has 14 heavy (non-hydrogen) atoms. The minimum atomic E-state index is 0.225. The van der Waals surface area contributed by atoms with Crippen LogP contribution in [0.15, 0.2) is 10.5 Å². The van der Waals surface area contributed by atoms with Gasteiger partial charge in [-0.15, -0.1) is 22.9 Å². The SMILES string of the molecule is CCC1(C(Cl)c2cc(Br)c(C)s2)CC1. The summed E-state index contributed by atoms with van der Waals surface area (Å²) < 4.78 is 1.20. The minimum absolute atomic E-state index is 0.225. The highest BCUT2D eigenvalue weighted by Crippen LogP contribution is 2.61. The molecule has 0 amide bonds. The van der Waals surface area contributed by atoms with Gasteiger partial charge in [0.05, 0.1) is 5.38 Å². The highest BCUT2D eigenvalue weighted by Gasteiger charge is 2.48. The fourth-order valence-electron chi connectivity index (χ4n) is 1.85. The first kappa shape index (κ1) is 11.0. The van der Waals surface area contributed by atoms with Crippen LogP contribution in [0.3, 0.4) is 0 Å². The molecule has 1 saturated carbocycles. The average Bonchev–Trinajstić information content (AvgIpc) is 2.90. The lowest BCUT2D eigenvalue weighted by molar-refractivity contribution is 0.476. The molecule has 1 aromatic heterocycles. The summed E-state index contributed by atoms with van der Waals surface area (Å²) in [5.41, 5.74) is 0.415. The zero-order chi connectivity index (χ0) is 10.3. The lowest BCUT2D eigenvalue weighted by Crippen LogP contribution is -2.05. The molecule has 1 atom stereocenters. The number of hydrogen-bond acceptors (Lipinski definition) is 1. The predicted molar refractivity (Wildman–Crippen MR) is 67.3 cm³/mol. The molecule has 1 heterocycles. The van der Waals surface area contributed by atoms with Crippen molar-refractivity contribution in [3.05, 3.63) is 20.3 Å². The van der Waals surface area contributed by atoms with Crippen molar-refractivity contribution in [1.29, 1.82) is 0 Å². The lowest BCUT2D eigenvalue weighted by Gasteiger charge is -2.17. The van der Waals surface area contributed by atoms with Crippen molar-refractivity contribution in [2.75, 3.05) is 0 Å². The smallest absolute Gasteiger partial charge is 0.0735 e. The van der Waals surface area contributed by atoms with Gasteiger partial charge >= 0.3 is 0 Å². The number of alkyl halides is 1. The average molecular weight is 294 g/mol. The molecule has 0 saturated heterocycles. The predicted octanol–water partition coefficient (Wildman–Crippen LogP) is 5.29. The summed E-state index contributed by atoms with van der Waals surface area (Å²) in [5, 5.41) is 0.225. The summed E-state index contributed by atoms with van der Waals surface area (Å²) in [7, 11) is 0. The number of halogens is 2. The van der Waals surface area contributed by atoms with Crippen molar-refractivity contribution in [2.24, 2.45) is 5.41 Å². The Labute approximate surface area is 103 Å². The molecule has 78 valence electrons. The van der Waals surface area contributed by atoms with Crippen LogP contribution in [0, 0.1) is 12.3 Å². The molecule has 1 unspecified atom stereocenters. The fraction of sp³-hybridized carbons (Fsp3) is 0.636. The molecule has 0 spiro atoms. The maximum absolute atomic E-state index is 6.54. The first-order chi connectivity index (χ1) is 6.59. The highest BCUT2D eigenvalue weighted by molar-refractivity contribution is 9.10. The summed E-state index contributed by atoms with van der Waals surface area (Å²) in [6, 6.07) is 2.19. The summed E-state index contributed by atoms with van der Waals surface area (Å²) in [5.74, 6) is 0. The molecule has 2 rings (SSSR count). The first-order valence-corrected chi connectivity index (χ1v) is 7.03. The van der Waals surface area contributed by atoms with E-state index in [9.17, 15) is 0 Å². The van der Waals surface area contributed by atoms with Crippen LogP contribution in [0.5, 0.6) is 0 Å². The first-order valence-electron chi connectivity index (χ1n) is 4.99. The van der Waals surface area contributed by atoms with Crippen molar-refractivity contribution < 1.29 is 0 Å². The summed E-state index contributed by atoms with van der Waals surface area (Å²) >= 11 is 11.9. The van der Waals surface area contributed by atoms with Crippen LogP contribution in [-0.2, 0) is 0 Å². The van der Waals surface area contributed by atoms with Gasteiger partial charge in [0.2, 0.25) is 0 Å². The second-order valence-corrected chi connectivity index (χ2v) is 6.71. The Balaban J connectivity index is 2.23. The highest BCUT2D eigenvalue weighted by atomic mass is 79.9. The number of rotatable bonds is 3. The van der Waals surface area contributed by atoms with Crippen molar-refractivity contribution >= 4 is 38.9 Å². The Hall–Kier alpha value is 0.470. The maximum Gasteiger partial charge on any atom is 0.0735 e. The van der Waals surface area contributed by atoms with Gasteiger partial charge in [0.15, 0.2) is 0 Å². The van der Waals surface area contributed by atoms with Crippen molar-refractivity contribution in [1.82, 2.24) is 0 Å². The quantitative estimate of drug-likeness (QED) is 0.664. The summed E-state index contributed by atoms with van der Waals surface area (Å²) in [6.07, 6.45) is 3.80.